The molecule has 1 atom stereocenters. The monoisotopic (exact) mass is 493 g/mol. The first-order valence-corrected chi connectivity index (χ1v) is 10.6. The predicted octanol–water partition coefficient (Wildman–Crippen LogP) is 5.81. The average molecular weight is 493 g/mol. The summed E-state index contributed by atoms with van der Waals surface area (Å²) in [5.74, 6) is -0.608. The number of hydrogen-bond donors (Lipinski definition) is 1. The fourth-order valence-electron chi connectivity index (χ4n) is 4.44. The quantitative estimate of drug-likeness (QED) is 0.466. The van der Waals surface area contributed by atoms with E-state index in [-0.39, 0.29) is 22.8 Å². The van der Waals surface area contributed by atoms with Crippen LogP contribution in [0.25, 0.3) is 10.8 Å². The number of alkyl halides is 6. The summed E-state index contributed by atoms with van der Waals surface area (Å²) in [6, 6.07) is 7.31. The highest BCUT2D eigenvalue weighted by Crippen LogP contribution is 2.50. The summed E-state index contributed by atoms with van der Waals surface area (Å²) in [6.45, 7) is 0. The van der Waals surface area contributed by atoms with Crippen LogP contribution in [0.2, 0.25) is 0 Å². The molecule has 1 unspecified atom stereocenters. The number of amides is 1. The second-order valence-electron chi connectivity index (χ2n) is 8.63. The summed E-state index contributed by atoms with van der Waals surface area (Å²) in [7, 11) is 0. The lowest BCUT2D eigenvalue weighted by atomic mass is 9.84. The Kier molecular flexibility index (Phi) is 5.08. The molecule has 0 radical (unpaired) electrons. The van der Waals surface area contributed by atoms with Crippen molar-refractivity contribution >= 4 is 22.4 Å². The Bertz CT molecular complexity index is 1380. The minimum absolute atomic E-state index is 0.105. The van der Waals surface area contributed by atoms with Crippen molar-refractivity contribution in [2.75, 3.05) is 0 Å². The molecule has 2 N–H and O–H groups in total. The number of halogens is 6. The van der Waals surface area contributed by atoms with Gasteiger partial charge in [0.25, 0.3) is 5.60 Å². The Morgan fingerprint density at radius 1 is 1.06 bits per heavy atom. The zero-order valence-electron chi connectivity index (χ0n) is 17.9. The van der Waals surface area contributed by atoms with Crippen LogP contribution in [0, 0.1) is 0 Å². The minimum Gasteiger partial charge on any atom is -0.374 e. The number of oxime groups is 1. The molecule has 1 aliphatic carbocycles. The number of pyridine rings is 1. The van der Waals surface area contributed by atoms with E-state index in [4.69, 9.17) is 10.6 Å². The van der Waals surface area contributed by atoms with Crippen molar-refractivity contribution in [3.63, 3.8) is 0 Å². The van der Waals surface area contributed by atoms with Gasteiger partial charge in [0, 0.05) is 40.6 Å². The number of primary amides is 1. The molecular weight excluding hydrogens is 476 g/mol. The Labute approximate surface area is 194 Å². The van der Waals surface area contributed by atoms with E-state index in [1.807, 2.05) is 0 Å². The maximum atomic E-state index is 14.3. The number of carbonyl (C=O) groups is 1. The van der Waals surface area contributed by atoms with Crippen LogP contribution in [-0.4, -0.2) is 22.8 Å². The maximum Gasteiger partial charge on any atom is 0.435 e. The van der Waals surface area contributed by atoms with Gasteiger partial charge >= 0.3 is 12.4 Å². The molecule has 35 heavy (non-hydrogen) atoms. The summed E-state index contributed by atoms with van der Waals surface area (Å²) in [6.07, 6.45) is -7.57. The first-order valence-electron chi connectivity index (χ1n) is 10.6. The smallest absolute Gasteiger partial charge is 0.374 e. The van der Waals surface area contributed by atoms with Gasteiger partial charge in [-0.25, -0.2) is 0 Å². The molecule has 0 spiro atoms. The van der Waals surface area contributed by atoms with Crippen molar-refractivity contribution in [2.45, 2.75) is 43.1 Å². The highest BCUT2D eigenvalue weighted by atomic mass is 19.4. The van der Waals surface area contributed by atoms with Gasteiger partial charge in [0.1, 0.15) is 0 Å². The molecule has 11 heteroatoms. The van der Waals surface area contributed by atoms with E-state index in [2.05, 4.69) is 10.1 Å². The molecule has 0 saturated heterocycles. The topological polar surface area (TPSA) is 77.6 Å². The zero-order valence-corrected chi connectivity index (χ0v) is 17.9. The third kappa shape index (κ3) is 3.78. The zero-order chi connectivity index (χ0) is 25.2. The normalized spacial score (nSPS) is 20.6. The number of rotatable bonds is 4. The van der Waals surface area contributed by atoms with Crippen LogP contribution < -0.4 is 5.73 Å². The molecule has 1 saturated carbocycles. The van der Waals surface area contributed by atoms with Crippen LogP contribution >= 0.6 is 0 Å². The third-order valence-corrected chi connectivity index (χ3v) is 6.34. The van der Waals surface area contributed by atoms with Gasteiger partial charge < -0.3 is 10.6 Å². The van der Waals surface area contributed by atoms with Crippen LogP contribution in [0.5, 0.6) is 0 Å². The molecular formula is C24H17F6N3O2. The first kappa shape index (κ1) is 23.1. The van der Waals surface area contributed by atoms with Crippen molar-refractivity contribution < 1.29 is 36.0 Å². The van der Waals surface area contributed by atoms with Crippen molar-refractivity contribution in [1.82, 2.24) is 4.98 Å². The van der Waals surface area contributed by atoms with E-state index in [0.29, 0.717) is 28.6 Å². The lowest BCUT2D eigenvalue weighted by Gasteiger charge is -2.30. The Morgan fingerprint density at radius 3 is 2.43 bits per heavy atom. The van der Waals surface area contributed by atoms with Gasteiger partial charge in [-0.15, -0.1) is 0 Å². The maximum absolute atomic E-state index is 14.3. The summed E-state index contributed by atoms with van der Waals surface area (Å²) in [5, 5.41) is 4.54. The van der Waals surface area contributed by atoms with E-state index in [1.165, 1.54) is 18.3 Å². The van der Waals surface area contributed by atoms with E-state index < -0.39 is 41.4 Å². The van der Waals surface area contributed by atoms with E-state index >= 15 is 0 Å². The number of aromatic nitrogens is 1. The third-order valence-electron chi connectivity index (χ3n) is 6.34. The molecule has 5 nitrogen and oxygen atoms in total. The SMILES string of the molecule is NC(=O)c1ccc(C2=NOC(c3cccc(C(F)(F)F)c3)(C(F)(F)F)C2)c2ccnc(C3CC3)c12. The molecule has 2 aromatic carbocycles. The number of hydrogen-bond acceptors (Lipinski definition) is 4. The predicted molar refractivity (Wildman–Crippen MR) is 114 cm³/mol. The van der Waals surface area contributed by atoms with Crippen molar-refractivity contribution in [3.05, 3.63) is 76.6 Å². The second kappa shape index (κ2) is 7.69. The summed E-state index contributed by atoms with van der Waals surface area (Å²) >= 11 is 0. The number of carbonyl (C=O) groups excluding carboxylic acids is 1. The Balaban J connectivity index is 1.63. The fourth-order valence-corrected chi connectivity index (χ4v) is 4.44. The van der Waals surface area contributed by atoms with Crippen LogP contribution in [0.15, 0.2) is 53.8 Å². The minimum atomic E-state index is -5.08. The number of fused-ring (bicyclic) bond motifs is 1. The molecule has 2 heterocycles. The van der Waals surface area contributed by atoms with Gasteiger partial charge in [-0.05, 0) is 42.5 Å². The molecule has 1 aromatic heterocycles. The molecule has 1 aliphatic heterocycles. The Hall–Kier alpha value is -3.63. The lowest BCUT2D eigenvalue weighted by molar-refractivity contribution is -0.276. The summed E-state index contributed by atoms with van der Waals surface area (Å²) < 4.78 is 82.6. The number of nitrogens with zero attached hydrogens (tertiary/aromatic N) is 2. The fraction of sp³-hybridized carbons (Fsp3) is 0.292. The highest BCUT2D eigenvalue weighted by Gasteiger charge is 2.62. The van der Waals surface area contributed by atoms with Crippen LogP contribution in [0.4, 0.5) is 26.3 Å². The number of benzene rings is 2. The van der Waals surface area contributed by atoms with Gasteiger partial charge in [-0.2, -0.15) is 26.3 Å². The second-order valence-corrected chi connectivity index (χ2v) is 8.63. The summed E-state index contributed by atoms with van der Waals surface area (Å²) in [4.78, 5) is 21.4. The standard InChI is InChI=1S/C24H17F6N3O2/c25-23(26,27)14-3-1-2-13(10-14)22(24(28,29)30)11-18(33-35-22)15-6-7-17(21(31)34)19-16(15)8-9-32-20(19)12-4-5-12/h1-3,6-10,12H,4-5,11H2,(H2,31,34). The molecule has 1 fully saturated rings. The highest BCUT2D eigenvalue weighted by molar-refractivity contribution is 6.17. The van der Waals surface area contributed by atoms with Gasteiger partial charge in [0.15, 0.2) is 0 Å². The van der Waals surface area contributed by atoms with Gasteiger partial charge in [0.05, 0.1) is 17.0 Å². The van der Waals surface area contributed by atoms with Crippen molar-refractivity contribution in [3.8, 4) is 0 Å². The molecule has 182 valence electrons. The largest absolute Gasteiger partial charge is 0.435 e. The van der Waals surface area contributed by atoms with Crippen molar-refractivity contribution in [2.24, 2.45) is 10.9 Å². The molecule has 0 bridgehead atoms. The molecule has 3 aromatic rings. The number of nitrogens with two attached hydrogens (primary N) is 1. The van der Waals surface area contributed by atoms with Crippen molar-refractivity contribution in [1.29, 1.82) is 0 Å². The average Bonchev–Trinajstić information content (AvgIpc) is 3.54. The van der Waals surface area contributed by atoms with Crippen LogP contribution in [0.3, 0.4) is 0 Å². The molecule has 2 aliphatic rings. The van der Waals surface area contributed by atoms with E-state index in [1.54, 1.807) is 6.07 Å². The first-order chi connectivity index (χ1) is 16.4. The van der Waals surface area contributed by atoms with Gasteiger partial charge in [-0.1, -0.05) is 23.4 Å². The van der Waals surface area contributed by atoms with E-state index in [9.17, 15) is 31.1 Å². The molecule has 5 rings (SSSR count). The van der Waals surface area contributed by atoms with Gasteiger partial charge in [-0.3, -0.25) is 9.78 Å². The molecule has 1 amide bonds. The summed E-state index contributed by atoms with van der Waals surface area (Å²) in [5.41, 5.74) is 1.43. The van der Waals surface area contributed by atoms with Crippen LogP contribution in [0.1, 0.15) is 57.9 Å². The van der Waals surface area contributed by atoms with Gasteiger partial charge in [0.2, 0.25) is 5.91 Å². The lowest BCUT2D eigenvalue weighted by Crippen LogP contribution is -2.42. The Morgan fingerprint density at radius 2 is 1.80 bits per heavy atom. The van der Waals surface area contributed by atoms with Crippen LogP contribution in [-0.2, 0) is 16.6 Å². The van der Waals surface area contributed by atoms with E-state index in [0.717, 1.165) is 25.0 Å².